The molecule has 0 aliphatic carbocycles. The first-order valence-corrected chi connectivity index (χ1v) is 7.49. The maximum absolute atomic E-state index is 11.8. The van der Waals surface area contributed by atoms with Crippen LogP contribution in [0.5, 0.6) is 0 Å². The standard InChI is InChI=1S/C14H23NO2S/c1-15(14(17)9-3-2-4-11-16)10-5-7-13-8-6-12-18-13/h6,8,12,16H,2-5,7,9-11H2,1H3. The molecular formula is C14H23NO2S. The van der Waals surface area contributed by atoms with E-state index in [1.165, 1.54) is 4.88 Å². The van der Waals surface area contributed by atoms with Gasteiger partial charge < -0.3 is 10.0 Å². The predicted molar refractivity (Wildman–Crippen MR) is 75.8 cm³/mol. The number of rotatable bonds is 9. The maximum atomic E-state index is 11.8. The fourth-order valence-corrected chi connectivity index (χ4v) is 2.58. The zero-order valence-electron chi connectivity index (χ0n) is 11.1. The minimum Gasteiger partial charge on any atom is -0.396 e. The van der Waals surface area contributed by atoms with E-state index in [-0.39, 0.29) is 12.5 Å². The van der Waals surface area contributed by atoms with Crippen LogP contribution >= 0.6 is 11.3 Å². The van der Waals surface area contributed by atoms with Gasteiger partial charge in [0.2, 0.25) is 5.91 Å². The molecule has 1 amide bonds. The van der Waals surface area contributed by atoms with E-state index in [1.54, 1.807) is 11.3 Å². The third-order valence-electron chi connectivity index (χ3n) is 2.97. The van der Waals surface area contributed by atoms with Crippen LogP contribution in [-0.2, 0) is 11.2 Å². The van der Waals surface area contributed by atoms with Crippen LogP contribution in [0.4, 0.5) is 0 Å². The Hall–Kier alpha value is -0.870. The zero-order valence-corrected chi connectivity index (χ0v) is 11.9. The summed E-state index contributed by atoms with van der Waals surface area (Å²) in [6.07, 6.45) is 5.31. The van der Waals surface area contributed by atoms with E-state index in [0.717, 1.165) is 38.6 Å². The molecule has 1 N–H and O–H groups in total. The van der Waals surface area contributed by atoms with Gasteiger partial charge >= 0.3 is 0 Å². The average Bonchev–Trinajstić information content (AvgIpc) is 2.87. The highest BCUT2D eigenvalue weighted by Gasteiger charge is 2.07. The number of aryl methyl sites for hydroxylation is 1. The van der Waals surface area contributed by atoms with Gasteiger partial charge in [-0.2, -0.15) is 0 Å². The van der Waals surface area contributed by atoms with Crippen LogP contribution in [0, 0.1) is 0 Å². The highest BCUT2D eigenvalue weighted by atomic mass is 32.1. The highest BCUT2D eigenvalue weighted by Crippen LogP contribution is 2.11. The topological polar surface area (TPSA) is 40.5 Å². The Bertz CT molecular complexity index is 325. The molecule has 4 heteroatoms. The molecule has 0 bridgehead atoms. The lowest BCUT2D eigenvalue weighted by atomic mass is 10.2. The summed E-state index contributed by atoms with van der Waals surface area (Å²) in [7, 11) is 1.88. The highest BCUT2D eigenvalue weighted by molar-refractivity contribution is 7.09. The largest absolute Gasteiger partial charge is 0.396 e. The lowest BCUT2D eigenvalue weighted by Gasteiger charge is -2.16. The van der Waals surface area contributed by atoms with Crippen molar-refractivity contribution in [1.82, 2.24) is 4.90 Å². The van der Waals surface area contributed by atoms with Crippen molar-refractivity contribution in [3.63, 3.8) is 0 Å². The summed E-state index contributed by atoms with van der Waals surface area (Å²) in [6, 6.07) is 4.21. The molecule has 0 saturated carbocycles. The fourth-order valence-electron chi connectivity index (χ4n) is 1.83. The summed E-state index contributed by atoms with van der Waals surface area (Å²) < 4.78 is 0. The molecule has 0 aliphatic rings. The Kier molecular flexibility index (Phi) is 7.69. The van der Waals surface area contributed by atoms with Gasteiger partial charge in [0.15, 0.2) is 0 Å². The molecule has 1 rings (SSSR count). The summed E-state index contributed by atoms with van der Waals surface area (Å²) >= 11 is 1.78. The second kappa shape index (κ2) is 9.11. The predicted octanol–water partition coefficient (Wildman–Crippen LogP) is 2.69. The van der Waals surface area contributed by atoms with E-state index in [2.05, 4.69) is 17.5 Å². The minimum absolute atomic E-state index is 0.221. The molecule has 0 aliphatic heterocycles. The second-order valence-corrected chi connectivity index (χ2v) is 5.56. The van der Waals surface area contributed by atoms with Crippen molar-refractivity contribution in [2.24, 2.45) is 0 Å². The molecule has 0 fully saturated rings. The first kappa shape index (κ1) is 15.2. The Morgan fingerprint density at radius 2 is 2.17 bits per heavy atom. The third kappa shape index (κ3) is 6.17. The Morgan fingerprint density at radius 3 is 2.83 bits per heavy atom. The molecule has 0 aromatic carbocycles. The number of aliphatic hydroxyl groups is 1. The van der Waals surface area contributed by atoms with E-state index in [1.807, 2.05) is 11.9 Å². The number of carbonyl (C=O) groups excluding carboxylic acids is 1. The van der Waals surface area contributed by atoms with Crippen molar-refractivity contribution in [2.75, 3.05) is 20.2 Å². The molecule has 3 nitrogen and oxygen atoms in total. The molecule has 1 aromatic heterocycles. The van der Waals surface area contributed by atoms with E-state index in [0.29, 0.717) is 6.42 Å². The number of thiophene rings is 1. The lowest BCUT2D eigenvalue weighted by molar-refractivity contribution is -0.130. The number of nitrogens with zero attached hydrogens (tertiary/aromatic N) is 1. The maximum Gasteiger partial charge on any atom is 0.222 e. The smallest absolute Gasteiger partial charge is 0.222 e. The molecule has 1 aromatic rings. The van der Waals surface area contributed by atoms with E-state index in [4.69, 9.17) is 5.11 Å². The molecule has 18 heavy (non-hydrogen) atoms. The summed E-state index contributed by atoms with van der Waals surface area (Å²) in [5.41, 5.74) is 0. The van der Waals surface area contributed by atoms with E-state index < -0.39 is 0 Å². The van der Waals surface area contributed by atoms with E-state index in [9.17, 15) is 4.79 Å². The van der Waals surface area contributed by atoms with Gasteiger partial charge in [-0.3, -0.25) is 4.79 Å². The molecule has 102 valence electrons. The van der Waals surface area contributed by atoms with Gasteiger partial charge in [0, 0.05) is 31.5 Å². The van der Waals surface area contributed by atoms with Crippen molar-refractivity contribution in [3.8, 4) is 0 Å². The van der Waals surface area contributed by atoms with Gasteiger partial charge in [0.05, 0.1) is 0 Å². The fraction of sp³-hybridized carbons (Fsp3) is 0.643. The average molecular weight is 269 g/mol. The van der Waals surface area contributed by atoms with Gasteiger partial charge in [-0.25, -0.2) is 0 Å². The lowest BCUT2D eigenvalue weighted by Crippen LogP contribution is -2.27. The normalized spacial score (nSPS) is 10.6. The van der Waals surface area contributed by atoms with Crippen LogP contribution < -0.4 is 0 Å². The van der Waals surface area contributed by atoms with Gasteiger partial charge in [0.1, 0.15) is 0 Å². The number of carbonyl (C=O) groups is 1. The summed E-state index contributed by atoms with van der Waals surface area (Å²) in [5, 5.41) is 10.7. The monoisotopic (exact) mass is 269 g/mol. The van der Waals surface area contributed by atoms with Crippen LogP contribution in [-0.4, -0.2) is 36.1 Å². The van der Waals surface area contributed by atoms with Crippen molar-refractivity contribution in [1.29, 1.82) is 0 Å². The van der Waals surface area contributed by atoms with Crippen molar-refractivity contribution >= 4 is 17.2 Å². The first-order chi connectivity index (χ1) is 8.74. The molecular weight excluding hydrogens is 246 g/mol. The minimum atomic E-state index is 0.221. The van der Waals surface area contributed by atoms with E-state index >= 15 is 0 Å². The Balaban J connectivity index is 2.08. The van der Waals surface area contributed by atoms with Gasteiger partial charge in [-0.05, 0) is 37.1 Å². The number of unbranched alkanes of at least 4 members (excludes halogenated alkanes) is 2. The third-order valence-corrected chi connectivity index (χ3v) is 3.91. The Morgan fingerprint density at radius 1 is 1.33 bits per heavy atom. The van der Waals surface area contributed by atoms with Crippen molar-refractivity contribution < 1.29 is 9.90 Å². The molecule has 0 radical (unpaired) electrons. The Labute approximate surface area is 113 Å². The number of amides is 1. The zero-order chi connectivity index (χ0) is 13.2. The first-order valence-electron chi connectivity index (χ1n) is 6.61. The van der Waals surface area contributed by atoms with Crippen LogP contribution in [0.2, 0.25) is 0 Å². The van der Waals surface area contributed by atoms with Crippen molar-refractivity contribution in [3.05, 3.63) is 22.4 Å². The van der Waals surface area contributed by atoms with Crippen LogP contribution in [0.25, 0.3) is 0 Å². The number of aliphatic hydroxyl groups excluding tert-OH is 1. The number of hydrogen-bond acceptors (Lipinski definition) is 3. The van der Waals surface area contributed by atoms with Crippen molar-refractivity contribution in [2.45, 2.75) is 38.5 Å². The molecule has 0 spiro atoms. The number of hydrogen-bond donors (Lipinski definition) is 1. The summed E-state index contributed by atoms with van der Waals surface area (Å²) in [4.78, 5) is 15.0. The molecule has 0 unspecified atom stereocenters. The van der Waals surface area contributed by atoms with Gasteiger partial charge in [-0.15, -0.1) is 11.3 Å². The SMILES string of the molecule is CN(CCCc1cccs1)C(=O)CCCCCO. The van der Waals surface area contributed by atoms with Crippen LogP contribution in [0.15, 0.2) is 17.5 Å². The molecule has 1 heterocycles. The molecule has 0 saturated heterocycles. The molecule has 0 atom stereocenters. The quantitative estimate of drug-likeness (QED) is 0.700. The van der Waals surface area contributed by atoms with Gasteiger partial charge in [-0.1, -0.05) is 12.5 Å². The second-order valence-electron chi connectivity index (χ2n) is 4.53. The summed E-state index contributed by atoms with van der Waals surface area (Å²) in [6.45, 7) is 1.06. The van der Waals surface area contributed by atoms with Gasteiger partial charge in [0.25, 0.3) is 0 Å². The van der Waals surface area contributed by atoms with Crippen LogP contribution in [0.1, 0.15) is 37.0 Å². The van der Waals surface area contributed by atoms with Crippen LogP contribution in [0.3, 0.4) is 0 Å². The summed E-state index contributed by atoms with van der Waals surface area (Å²) in [5.74, 6) is 0.221.